The number of non-ortho nitro benzene ring substituents is 1. The van der Waals surface area contributed by atoms with E-state index in [4.69, 9.17) is 0 Å². The number of hydrogen-bond acceptors (Lipinski definition) is 7. The zero-order valence-electron chi connectivity index (χ0n) is 19.8. The number of anilines is 1. The molecule has 2 amide bonds. The van der Waals surface area contributed by atoms with Crippen molar-refractivity contribution in [3.8, 4) is 0 Å². The molecule has 0 aliphatic rings. The molecule has 0 aliphatic heterocycles. The second-order valence-electron chi connectivity index (χ2n) is 7.89. The summed E-state index contributed by atoms with van der Waals surface area (Å²) >= 11 is 2.68. The maximum Gasteiger partial charge on any atom is 0.272 e. The third kappa shape index (κ3) is 7.25. The first kappa shape index (κ1) is 26.5. The van der Waals surface area contributed by atoms with Gasteiger partial charge in [0.05, 0.1) is 10.7 Å². The van der Waals surface area contributed by atoms with Crippen molar-refractivity contribution in [1.82, 2.24) is 5.32 Å². The molecule has 1 aromatic heterocycles. The van der Waals surface area contributed by atoms with Gasteiger partial charge in [0.25, 0.3) is 17.5 Å². The Labute approximate surface area is 226 Å². The molecule has 8 nitrogen and oxygen atoms in total. The summed E-state index contributed by atoms with van der Waals surface area (Å²) in [5.74, 6) is -1.10. The van der Waals surface area contributed by atoms with Gasteiger partial charge in [0.15, 0.2) is 5.78 Å². The van der Waals surface area contributed by atoms with Crippen LogP contribution in [0.3, 0.4) is 0 Å². The van der Waals surface area contributed by atoms with Crippen LogP contribution in [-0.4, -0.2) is 28.3 Å². The summed E-state index contributed by atoms with van der Waals surface area (Å²) in [6.07, 6.45) is 1.61. The fraction of sp³-hybridized carbons (Fsp3) is 0.0357. The van der Waals surface area contributed by atoms with Crippen LogP contribution in [0, 0.1) is 10.1 Å². The van der Waals surface area contributed by atoms with Crippen LogP contribution in [0.5, 0.6) is 0 Å². The van der Waals surface area contributed by atoms with E-state index < -0.39 is 16.7 Å². The molecule has 1 heterocycles. The minimum absolute atomic E-state index is 0.0647. The first-order valence-electron chi connectivity index (χ1n) is 11.3. The number of carbonyl (C=O) groups is 3. The Balaban J connectivity index is 1.44. The van der Waals surface area contributed by atoms with Crippen molar-refractivity contribution in [3.05, 3.63) is 128 Å². The molecule has 0 atom stereocenters. The van der Waals surface area contributed by atoms with Gasteiger partial charge in [-0.2, -0.15) is 0 Å². The van der Waals surface area contributed by atoms with Gasteiger partial charge < -0.3 is 10.6 Å². The molecule has 0 unspecified atom stereocenters. The number of nitrogens with zero attached hydrogens (tertiary/aromatic N) is 1. The summed E-state index contributed by atoms with van der Waals surface area (Å²) in [6, 6.07) is 24.8. The number of hydrogen-bond donors (Lipinski definition) is 2. The van der Waals surface area contributed by atoms with Crippen LogP contribution in [0.1, 0.15) is 25.6 Å². The summed E-state index contributed by atoms with van der Waals surface area (Å²) in [5.41, 5.74) is 1.10. The molecule has 0 radical (unpaired) electrons. The Morgan fingerprint density at radius 1 is 0.895 bits per heavy atom. The molecule has 0 spiro atoms. The minimum Gasteiger partial charge on any atom is -0.321 e. The number of thiophene rings is 1. The molecular formula is C28H21N3O5S2. The van der Waals surface area contributed by atoms with E-state index >= 15 is 0 Å². The van der Waals surface area contributed by atoms with Crippen LogP contribution < -0.4 is 10.6 Å². The molecular weight excluding hydrogens is 522 g/mol. The molecule has 2 N–H and O–H groups in total. The highest BCUT2D eigenvalue weighted by Crippen LogP contribution is 2.24. The van der Waals surface area contributed by atoms with Crippen LogP contribution in [0.4, 0.5) is 11.4 Å². The summed E-state index contributed by atoms with van der Waals surface area (Å²) in [4.78, 5) is 50.4. The lowest BCUT2D eigenvalue weighted by Crippen LogP contribution is -2.30. The van der Waals surface area contributed by atoms with Crippen molar-refractivity contribution in [1.29, 1.82) is 0 Å². The fourth-order valence-corrected chi connectivity index (χ4v) is 4.85. The number of Topliss-reactive ketones (excluding diaryl/α,β-unsaturated/α-hetero) is 1. The van der Waals surface area contributed by atoms with E-state index in [1.54, 1.807) is 60.7 Å². The van der Waals surface area contributed by atoms with E-state index in [1.807, 2.05) is 17.5 Å². The highest BCUT2D eigenvalue weighted by Gasteiger charge is 2.16. The van der Waals surface area contributed by atoms with E-state index in [9.17, 15) is 24.5 Å². The Hall–Kier alpha value is -4.54. The molecule has 3 aromatic carbocycles. The predicted molar refractivity (Wildman–Crippen MR) is 149 cm³/mol. The highest BCUT2D eigenvalue weighted by atomic mass is 32.2. The zero-order valence-corrected chi connectivity index (χ0v) is 21.5. The molecule has 0 fully saturated rings. The number of benzene rings is 3. The second kappa shape index (κ2) is 12.6. The normalized spacial score (nSPS) is 11.0. The maximum absolute atomic E-state index is 13.1. The summed E-state index contributed by atoms with van der Waals surface area (Å²) in [7, 11) is 0. The van der Waals surface area contributed by atoms with Crippen LogP contribution in [0.15, 0.2) is 107 Å². The number of nitrogens with one attached hydrogen (secondary N) is 2. The van der Waals surface area contributed by atoms with Gasteiger partial charge in [0.1, 0.15) is 5.70 Å². The van der Waals surface area contributed by atoms with Crippen molar-refractivity contribution in [3.63, 3.8) is 0 Å². The molecule has 38 heavy (non-hydrogen) atoms. The van der Waals surface area contributed by atoms with Gasteiger partial charge in [-0.3, -0.25) is 24.5 Å². The Kier molecular flexibility index (Phi) is 8.81. The first-order valence-corrected chi connectivity index (χ1v) is 13.2. The lowest BCUT2D eigenvalue weighted by atomic mass is 10.1. The topological polar surface area (TPSA) is 118 Å². The number of rotatable bonds is 10. The van der Waals surface area contributed by atoms with Gasteiger partial charge in [-0.15, -0.1) is 23.1 Å². The van der Waals surface area contributed by atoms with Crippen molar-refractivity contribution in [2.45, 2.75) is 4.90 Å². The fourth-order valence-electron chi connectivity index (χ4n) is 3.35. The number of carbonyl (C=O) groups excluding carboxylic acids is 3. The van der Waals surface area contributed by atoms with Gasteiger partial charge in [0.2, 0.25) is 0 Å². The predicted octanol–water partition coefficient (Wildman–Crippen LogP) is 6.04. The van der Waals surface area contributed by atoms with Crippen molar-refractivity contribution in [2.24, 2.45) is 0 Å². The number of amides is 2. The lowest BCUT2D eigenvalue weighted by molar-refractivity contribution is -0.384. The molecule has 190 valence electrons. The SMILES string of the molecule is O=C(Nc1cccc(SCC(=O)c2cccc([N+](=O)[O-])c2)c1)/C(=C/c1cccs1)NC(=O)c1ccccc1. The third-order valence-electron chi connectivity index (χ3n) is 5.20. The quantitative estimate of drug-likeness (QED) is 0.0828. The van der Waals surface area contributed by atoms with Gasteiger partial charge in [-0.1, -0.05) is 42.5 Å². The molecule has 10 heteroatoms. The van der Waals surface area contributed by atoms with Gasteiger partial charge >= 0.3 is 0 Å². The van der Waals surface area contributed by atoms with Gasteiger partial charge in [-0.05, 0) is 47.9 Å². The monoisotopic (exact) mass is 543 g/mol. The Bertz CT molecular complexity index is 1500. The molecule has 0 bridgehead atoms. The highest BCUT2D eigenvalue weighted by molar-refractivity contribution is 8.00. The van der Waals surface area contributed by atoms with Crippen LogP contribution in [0.25, 0.3) is 6.08 Å². The average Bonchev–Trinajstić information content (AvgIpc) is 3.45. The Morgan fingerprint density at radius 3 is 2.39 bits per heavy atom. The van der Waals surface area contributed by atoms with Crippen molar-refractivity contribution < 1.29 is 19.3 Å². The number of nitro groups is 1. The van der Waals surface area contributed by atoms with E-state index in [0.29, 0.717) is 11.3 Å². The van der Waals surface area contributed by atoms with Crippen molar-refractivity contribution in [2.75, 3.05) is 11.1 Å². The minimum atomic E-state index is -0.542. The van der Waals surface area contributed by atoms with E-state index in [1.165, 1.54) is 47.4 Å². The zero-order chi connectivity index (χ0) is 26.9. The van der Waals surface area contributed by atoms with Crippen LogP contribution in [0.2, 0.25) is 0 Å². The molecule has 0 saturated heterocycles. The standard InChI is InChI=1S/C28H21N3O5S2/c32-26(20-9-4-11-22(15-20)31(35)36)18-38-23-12-5-10-21(16-23)29-28(34)25(17-24-13-6-14-37-24)30-27(33)19-7-2-1-3-8-19/h1-17H,18H2,(H,29,34)(H,30,33)/b25-17-. The number of nitro benzene ring substituents is 1. The molecule has 4 rings (SSSR count). The van der Waals surface area contributed by atoms with Gasteiger partial charge in [-0.25, -0.2) is 0 Å². The second-order valence-corrected chi connectivity index (χ2v) is 9.92. The lowest BCUT2D eigenvalue weighted by Gasteiger charge is -2.12. The summed E-state index contributed by atoms with van der Waals surface area (Å²) < 4.78 is 0. The molecule has 0 aliphatic carbocycles. The number of thioether (sulfide) groups is 1. The smallest absolute Gasteiger partial charge is 0.272 e. The third-order valence-corrected chi connectivity index (χ3v) is 7.01. The van der Waals surface area contributed by atoms with E-state index in [2.05, 4.69) is 10.6 Å². The van der Waals surface area contributed by atoms with Crippen LogP contribution >= 0.6 is 23.1 Å². The largest absolute Gasteiger partial charge is 0.321 e. The molecule has 4 aromatic rings. The van der Waals surface area contributed by atoms with Crippen molar-refractivity contribution >= 4 is 58.1 Å². The van der Waals surface area contributed by atoms with E-state index in [-0.39, 0.29) is 28.5 Å². The molecule has 0 saturated carbocycles. The average molecular weight is 544 g/mol. The maximum atomic E-state index is 13.1. The summed E-state index contributed by atoms with van der Waals surface area (Å²) in [6.45, 7) is 0. The Morgan fingerprint density at radius 2 is 1.66 bits per heavy atom. The van der Waals surface area contributed by atoms with Crippen LogP contribution in [-0.2, 0) is 4.79 Å². The van der Waals surface area contributed by atoms with E-state index in [0.717, 1.165) is 9.77 Å². The first-order chi connectivity index (χ1) is 18.4. The number of ketones is 1. The van der Waals surface area contributed by atoms with Gasteiger partial charge in [0, 0.05) is 38.7 Å². The summed E-state index contributed by atoms with van der Waals surface area (Å²) in [5, 5.41) is 18.3.